The quantitative estimate of drug-likeness (QED) is 0.527. The third kappa shape index (κ3) is 2.78. The van der Waals surface area contributed by atoms with Crippen LogP contribution in [-0.4, -0.2) is 50.2 Å². The number of amides is 1. The summed E-state index contributed by atoms with van der Waals surface area (Å²) in [5, 5.41) is 3.21. The third-order valence-electron chi connectivity index (χ3n) is 1.74. The van der Waals surface area contributed by atoms with Gasteiger partial charge in [-0.1, -0.05) is 0 Å². The van der Waals surface area contributed by atoms with Gasteiger partial charge in [0.2, 0.25) is 0 Å². The maximum Gasteiger partial charge on any atom is 0.259 e. The summed E-state index contributed by atoms with van der Waals surface area (Å²) in [4.78, 5) is 16.2. The van der Waals surface area contributed by atoms with Crippen LogP contribution in [0.3, 0.4) is 0 Å². The monoisotopic (exact) mass is 155 g/mol. The van der Waals surface area contributed by atoms with Crippen molar-refractivity contribution in [1.29, 1.82) is 0 Å². The lowest BCUT2D eigenvalue weighted by Crippen LogP contribution is -2.45. The van der Waals surface area contributed by atoms with Gasteiger partial charge in [0.05, 0.1) is 6.54 Å². The van der Waals surface area contributed by atoms with Crippen molar-refractivity contribution in [2.75, 3.05) is 32.7 Å². The van der Waals surface area contributed by atoms with Crippen molar-refractivity contribution in [1.82, 2.24) is 10.2 Å². The summed E-state index contributed by atoms with van der Waals surface area (Å²) in [5.41, 5.74) is 0. The van der Waals surface area contributed by atoms with E-state index in [4.69, 9.17) is 0 Å². The minimum atomic E-state index is -0.132. The van der Waals surface area contributed by atoms with Crippen LogP contribution in [0.4, 0.5) is 0 Å². The Bertz CT molecular complexity index is 152. The second-order valence-corrected chi connectivity index (χ2v) is 2.58. The zero-order valence-corrected chi connectivity index (χ0v) is 6.55. The minimum absolute atomic E-state index is 0.132. The molecule has 4 nitrogen and oxygen atoms in total. The molecule has 1 amide bonds. The van der Waals surface area contributed by atoms with Crippen LogP contribution in [0.15, 0.2) is 4.99 Å². The molecule has 0 saturated carbocycles. The number of nitrogens with one attached hydrogen (secondary N) is 1. The highest BCUT2D eigenvalue weighted by Crippen LogP contribution is 1.91. The topological polar surface area (TPSA) is 44.7 Å². The highest BCUT2D eigenvalue weighted by Gasteiger charge is 2.11. The smallest absolute Gasteiger partial charge is 0.259 e. The lowest BCUT2D eigenvalue weighted by Gasteiger charge is -2.25. The Balaban J connectivity index is 2.24. The average molecular weight is 155 g/mol. The number of hydrogen-bond donors (Lipinski definition) is 1. The summed E-state index contributed by atoms with van der Waals surface area (Å²) in [6.07, 6.45) is 0. The second-order valence-electron chi connectivity index (χ2n) is 2.58. The van der Waals surface area contributed by atoms with Gasteiger partial charge >= 0.3 is 0 Å². The number of hydrogen-bond acceptors (Lipinski definition) is 3. The first-order valence-corrected chi connectivity index (χ1v) is 3.75. The van der Waals surface area contributed by atoms with E-state index < -0.39 is 0 Å². The number of carbonyl (C=O) groups excluding carboxylic acids is 1. The molecule has 0 aliphatic carbocycles. The van der Waals surface area contributed by atoms with Crippen LogP contribution in [0.2, 0.25) is 0 Å². The van der Waals surface area contributed by atoms with Gasteiger partial charge in [-0.25, -0.2) is 4.99 Å². The largest absolute Gasteiger partial charge is 0.314 e. The summed E-state index contributed by atoms with van der Waals surface area (Å²) in [5.74, 6) is -0.132. The van der Waals surface area contributed by atoms with Crippen molar-refractivity contribution in [2.24, 2.45) is 4.99 Å². The van der Waals surface area contributed by atoms with E-state index in [9.17, 15) is 4.79 Å². The summed E-state index contributed by atoms with van der Waals surface area (Å²) in [6.45, 7) is 7.40. The third-order valence-corrected chi connectivity index (χ3v) is 1.74. The first-order chi connectivity index (χ1) is 5.33. The first kappa shape index (κ1) is 8.36. The predicted octanol–water partition coefficient (Wildman–Crippen LogP) is -0.881. The molecule has 1 fully saturated rings. The Hall–Kier alpha value is -0.740. The lowest BCUT2D eigenvalue weighted by molar-refractivity contribution is -0.118. The van der Waals surface area contributed by atoms with Crippen LogP contribution in [0.5, 0.6) is 0 Å². The molecule has 4 heteroatoms. The Morgan fingerprint density at radius 2 is 2.18 bits per heavy atom. The van der Waals surface area contributed by atoms with Crippen LogP contribution < -0.4 is 5.32 Å². The molecule has 11 heavy (non-hydrogen) atoms. The maximum absolute atomic E-state index is 10.8. The van der Waals surface area contributed by atoms with Crippen LogP contribution >= 0.6 is 0 Å². The zero-order chi connectivity index (χ0) is 8.10. The van der Waals surface area contributed by atoms with Gasteiger partial charge in [0.15, 0.2) is 0 Å². The van der Waals surface area contributed by atoms with Gasteiger partial charge in [0, 0.05) is 26.2 Å². The van der Waals surface area contributed by atoms with E-state index in [1.165, 1.54) is 0 Å². The Kier molecular flexibility index (Phi) is 3.19. The van der Waals surface area contributed by atoms with Gasteiger partial charge < -0.3 is 5.32 Å². The lowest BCUT2D eigenvalue weighted by atomic mass is 10.3. The molecule has 0 aromatic rings. The highest BCUT2D eigenvalue weighted by atomic mass is 16.1. The van der Waals surface area contributed by atoms with Gasteiger partial charge in [-0.3, -0.25) is 9.69 Å². The Morgan fingerprint density at radius 1 is 1.55 bits per heavy atom. The van der Waals surface area contributed by atoms with E-state index in [2.05, 4.69) is 21.9 Å². The normalized spacial score (nSPS) is 19.6. The molecule has 1 N–H and O–H groups in total. The molecule has 0 bridgehead atoms. The first-order valence-electron chi connectivity index (χ1n) is 3.75. The Morgan fingerprint density at radius 3 is 2.73 bits per heavy atom. The number of rotatable bonds is 2. The van der Waals surface area contributed by atoms with Gasteiger partial charge in [-0.15, -0.1) is 0 Å². The van der Waals surface area contributed by atoms with Crippen LogP contribution in [0.25, 0.3) is 0 Å². The average Bonchev–Trinajstić information content (AvgIpc) is 2.06. The molecule has 0 atom stereocenters. The van der Waals surface area contributed by atoms with E-state index in [1.807, 2.05) is 0 Å². The molecule has 62 valence electrons. The highest BCUT2D eigenvalue weighted by molar-refractivity contribution is 5.82. The molecule has 0 spiro atoms. The zero-order valence-electron chi connectivity index (χ0n) is 6.55. The molecule has 0 aromatic carbocycles. The minimum Gasteiger partial charge on any atom is -0.314 e. The summed E-state index contributed by atoms with van der Waals surface area (Å²) >= 11 is 0. The number of carbonyl (C=O) groups is 1. The molecular formula is C7H13N3O. The SMILES string of the molecule is C=NC(=O)CN1CCNCC1. The van der Waals surface area contributed by atoms with E-state index >= 15 is 0 Å². The molecule has 0 aromatic heterocycles. The fourth-order valence-electron chi connectivity index (χ4n) is 1.11. The van der Waals surface area contributed by atoms with Crippen molar-refractivity contribution in [3.05, 3.63) is 0 Å². The fourth-order valence-corrected chi connectivity index (χ4v) is 1.11. The summed E-state index contributed by atoms with van der Waals surface area (Å²) < 4.78 is 0. The van der Waals surface area contributed by atoms with E-state index in [1.54, 1.807) is 0 Å². The van der Waals surface area contributed by atoms with Gasteiger partial charge in [0.1, 0.15) is 0 Å². The fraction of sp³-hybridized carbons (Fsp3) is 0.714. The number of piperazine rings is 1. The standard InChI is InChI=1S/C7H13N3O/c1-8-7(11)6-10-4-2-9-3-5-10/h9H,1-6H2. The molecule has 1 rings (SSSR count). The van der Waals surface area contributed by atoms with Crippen molar-refractivity contribution < 1.29 is 4.79 Å². The predicted molar refractivity (Wildman–Crippen MR) is 43.9 cm³/mol. The summed E-state index contributed by atoms with van der Waals surface area (Å²) in [7, 11) is 0. The molecule has 0 unspecified atom stereocenters. The number of nitrogens with zero attached hydrogens (tertiary/aromatic N) is 2. The molecule has 1 heterocycles. The second kappa shape index (κ2) is 4.20. The number of aliphatic imine (C=N–C) groups is 1. The molecular weight excluding hydrogens is 142 g/mol. The van der Waals surface area contributed by atoms with Gasteiger partial charge in [-0.05, 0) is 6.72 Å². The molecule has 1 aliphatic heterocycles. The Labute approximate surface area is 66.3 Å². The van der Waals surface area contributed by atoms with Gasteiger partial charge in [-0.2, -0.15) is 0 Å². The molecule has 1 aliphatic rings. The van der Waals surface area contributed by atoms with Gasteiger partial charge in [0.25, 0.3) is 5.91 Å². The summed E-state index contributed by atoms with van der Waals surface area (Å²) in [6, 6.07) is 0. The van der Waals surface area contributed by atoms with Crippen LogP contribution in [0.1, 0.15) is 0 Å². The van der Waals surface area contributed by atoms with Crippen molar-refractivity contribution in [3.63, 3.8) is 0 Å². The molecule has 1 saturated heterocycles. The van der Waals surface area contributed by atoms with Crippen LogP contribution in [0, 0.1) is 0 Å². The van der Waals surface area contributed by atoms with E-state index in [0.717, 1.165) is 26.2 Å². The maximum atomic E-state index is 10.8. The molecule has 0 radical (unpaired) electrons. The van der Waals surface area contributed by atoms with Crippen molar-refractivity contribution in [2.45, 2.75) is 0 Å². The van der Waals surface area contributed by atoms with Crippen LogP contribution in [-0.2, 0) is 4.79 Å². The van der Waals surface area contributed by atoms with Crippen molar-refractivity contribution >= 4 is 12.6 Å². The van der Waals surface area contributed by atoms with E-state index in [0.29, 0.717) is 6.54 Å². The van der Waals surface area contributed by atoms with E-state index in [-0.39, 0.29) is 5.91 Å². The van der Waals surface area contributed by atoms with Crippen molar-refractivity contribution in [3.8, 4) is 0 Å².